The minimum absolute atomic E-state index is 0.157. The Balaban J connectivity index is 2.50. The Morgan fingerprint density at radius 3 is 2.25 bits per heavy atom. The number of aliphatic hydroxyl groups excluding tert-OH is 2. The summed E-state index contributed by atoms with van der Waals surface area (Å²) < 4.78 is 0. The van der Waals surface area contributed by atoms with Crippen molar-refractivity contribution in [2.24, 2.45) is 5.92 Å². The van der Waals surface area contributed by atoms with E-state index in [1.165, 1.54) is 0 Å². The molecule has 1 fully saturated rings. The van der Waals surface area contributed by atoms with Crippen LogP contribution in [0.2, 0.25) is 0 Å². The third-order valence-electron chi connectivity index (χ3n) is 2.22. The van der Waals surface area contributed by atoms with Crippen molar-refractivity contribution in [1.82, 2.24) is 0 Å². The molecule has 0 heterocycles. The highest BCUT2D eigenvalue weighted by molar-refractivity contribution is 5.67. The molecule has 0 bridgehead atoms. The highest BCUT2D eigenvalue weighted by atomic mass is 16.4. The van der Waals surface area contributed by atoms with Gasteiger partial charge < -0.3 is 15.3 Å². The normalized spacial score (nSPS) is 36.3. The predicted octanol–water partition coefficient (Wildman–Crippen LogP) is -0.203. The van der Waals surface area contributed by atoms with Crippen molar-refractivity contribution in [3.63, 3.8) is 0 Å². The van der Waals surface area contributed by atoms with Gasteiger partial charge in [-0.2, -0.15) is 0 Å². The Bertz CT molecular complexity index is 158. The molecule has 1 aliphatic rings. The van der Waals surface area contributed by atoms with Crippen LogP contribution in [0.25, 0.3) is 0 Å². The van der Waals surface area contributed by atoms with E-state index < -0.39 is 24.1 Å². The fourth-order valence-electron chi connectivity index (χ4n) is 1.52. The third kappa shape index (κ3) is 2.19. The number of carboxylic acid groups (broad SMARTS) is 1. The molecule has 12 heavy (non-hydrogen) atoms. The monoisotopic (exact) mass is 173 g/mol. The van der Waals surface area contributed by atoms with Crippen LogP contribution in [0.15, 0.2) is 0 Å². The molecular weight excluding hydrogens is 160 g/mol. The standard InChI is InChI=1S/C8H13O4/c9-6-2-1-3-7(10)5(6)4-8(11)12/h1,5-7,9-10H,2-4H2,(H,11,12). The first-order valence-electron chi connectivity index (χ1n) is 4.01. The van der Waals surface area contributed by atoms with E-state index in [1.54, 1.807) is 6.42 Å². The van der Waals surface area contributed by atoms with Crippen molar-refractivity contribution in [2.75, 3.05) is 0 Å². The van der Waals surface area contributed by atoms with Crippen molar-refractivity contribution in [3.8, 4) is 0 Å². The fourth-order valence-corrected chi connectivity index (χ4v) is 1.52. The van der Waals surface area contributed by atoms with E-state index in [1.807, 2.05) is 0 Å². The molecule has 2 atom stereocenters. The van der Waals surface area contributed by atoms with E-state index in [2.05, 4.69) is 0 Å². The van der Waals surface area contributed by atoms with Crippen molar-refractivity contribution < 1.29 is 20.1 Å². The molecule has 3 N–H and O–H groups in total. The zero-order chi connectivity index (χ0) is 9.14. The van der Waals surface area contributed by atoms with Crippen LogP contribution in [0.4, 0.5) is 0 Å². The highest BCUT2D eigenvalue weighted by Crippen LogP contribution is 2.26. The summed E-state index contributed by atoms with van der Waals surface area (Å²) in [6.07, 6.45) is 1.18. The first kappa shape index (κ1) is 9.48. The topological polar surface area (TPSA) is 77.8 Å². The maximum Gasteiger partial charge on any atom is 0.303 e. The van der Waals surface area contributed by atoms with Gasteiger partial charge in [-0.05, 0) is 19.3 Å². The van der Waals surface area contributed by atoms with E-state index in [0.717, 1.165) is 0 Å². The van der Waals surface area contributed by atoms with E-state index in [0.29, 0.717) is 12.8 Å². The second-order valence-corrected chi connectivity index (χ2v) is 3.16. The second-order valence-electron chi connectivity index (χ2n) is 3.16. The van der Waals surface area contributed by atoms with Gasteiger partial charge in [0.1, 0.15) is 0 Å². The van der Waals surface area contributed by atoms with Gasteiger partial charge in [-0.1, -0.05) is 0 Å². The van der Waals surface area contributed by atoms with E-state index >= 15 is 0 Å². The molecule has 1 aliphatic carbocycles. The molecule has 0 aromatic rings. The summed E-state index contributed by atoms with van der Waals surface area (Å²) in [7, 11) is 0. The van der Waals surface area contributed by atoms with Crippen molar-refractivity contribution in [1.29, 1.82) is 0 Å². The molecule has 0 aromatic heterocycles. The Labute approximate surface area is 70.8 Å². The van der Waals surface area contributed by atoms with Crippen LogP contribution in [-0.4, -0.2) is 33.5 Å². The summed E-state index contributed by atoms with van der Waals surface area (Å²) >= 11 is 0. The molecule has 4 nitrogen and oxygen atoms in total. The first-order valence-corrected chi connectivity index (χ1v) is 4.01. The van der Waals surface area contributed by atoms with Gasteiger partial charge >= 0.3 is 5.97 Å². The average Bonchev–Trinajstić information content (AvgIpc) is 1.97. The summed E-state index contributed by atoms with van der Waals surface area (Å²) in [5.41, 5.74) is 0. The molecule has 1 rings (SSSR count). The summed E-state index contributed by atoms with van der Waals surface area (Å²) in [5.74, 6) is -1.48. The van der Waals surface area contributed by atoms with Gasteiger partial charge in [-0.25, -0.2) is 0 Å². The van der Waals surface area contributed by atoms with Crippen molar-refractivity contribution >= 4 is 5.97 Å². The zero-order valence-electron chi connectivity index (χ0n) is 6.68. The summed E-state index contributed by atoms with van der Waals surface area (Å²) in [6.45, 7) is 0. The number of carbonyl (C=O) groups is 1. The minimum Gasteiger partial charge on any atom is -0.481 e. The van der Waals surface area contributed by atoms with Gasteiger partial charge in [0.2, 0.25) is 0 Å². The number of hydrogen-bond donors (Lipinski definition) is 3. The molecule has 0 aliphatic heterocycles. The molecule has 0 spiro atoms. The van der Waals surface area contributed by atoms with Gasteiger partial charge in [0.05, 0.1) is 18.6 Å². The van der Waals surface area contributed by atoms with Gasteiger partial charge in [-0.15, -0.1) is 0 Å². The zero-order valence-corrected chi connectivity index (χ0v) is 6.68. The number of aliphatic carboxylic acids is 1. The Morgan fingerprint density at radius 1 is 1.33 bits per heavy atom. The number of hydrogen-bond acceptors (Lipinski definition) is 3. The molecule has 4 heteroatoms. The van der Waals surface area contributed by atoms with Crippen LogP contribution in [0.3, 0.4) is 0 Å². The average molecular weight is 173 g/mol. The van der Waals surface area contributed by atoms with E-state index in [9.17, 15) is 15.0 Å². The maximum atomic E-state index is 10.3. The maximum absolute atomic E-state index is 10.3. The lowest BCUT2D eigenvalue weighted by Gasteiger charge is -2.30. The smallest absolute Gasteiger partial charge is 0.303 e. The lowest BCUT2D eigenvalue weighted by atomic mass is 9.82. The van der Waals surface area contributed by atoms with Crippen molar-refractivity contribution in [3.05, 3.63) is 6.42 Å². The number of rotatable bonds is 2. The molecule has 0 amide bonds. The molecule has 0 aromatic carbocycles. The fraction of sp³-hybridized carbons (Fsp3) is 0.750. The highest BCUT2D eigenvalue weighted by Gasteiger charge is 2.32. The molecule has 1 radical (unpaired) electrons. The Hall–Kier alpha value is -0.610. The van der Waals surface area contributed by atoms with E-state index in [4.69, 9.17) is 5.11 Å². The SMILES string of the molecule is O=C(O)CC1C(O)C[CH]CC1O. The predicted molar refractivity (Wildman–Crippen MR) is 41.3 cm³/mol. The molecule has 2 unspecified atom stereocenters. The van der Waals surface area contributed by atoms with Crippen LogP contribution < -0.4 is 0 Å². The van der Waals surface area contributed by atoms with Crippen LogP contribution >= 0.6 is 0 Å². The van der Waals surface area contributed by atoms with Crippen molar-refractivity contribution in [2.45, 2.75) is 31.5 Å². The van der Waals surface area contributed by atoms with Gasteiger partial charge in [0.25, 0.3) is 0 Å². The third-order valence-corrected chi connectivity index (χ3v) is 2.22. The molecule has 0 saturated heterocycles. The number of carboxylic acids is 1. The molecule has 69 valence electrons. The first-order chi connectivity index (χ1) is 5.61. The van der Waals surface area contributed by atoms with Crippen LogP contribution in [0, 0.1) is 12.3 Å². The van der Waals surface area contributed by atoms with E-state index in [-0.39, 0.29) is 6.42 Å². The van der Waals surface area contributed by atoms with Crippen LogP contribution in [-0.2, 0) is 4.79 Å². The minimum atomic E-state index is -0.972. The molecule has 1 saturated carbocycles. The number of aliphatic hydroxyl groups is 2. The largest absolute Gasteiger partial charge is 0.481 e. The Kier molecular flexibility index (Phi) is 3.05. The van der Waals surface area contributed by atoms with Gasteiger partial charge in [0, 0.05) is 5.92 Å². The van der Waals surface area contributed by atoms with Gasteiger partial charge in [0.15, 0.2) is 0 Å². The lowest BCUT2D eigenvalue weighted by Crippen LogP contribution is -2.37. The Morgan fingerprint density at radius 2 is 1.83 bits per heavy atom. The van der Waals surface area contributed by atoms with Crippen LogP contribution in [0.1, 0.15) is 19.3 Å². The summed E-state index contributed by atoms with van der Waals surface area (Å²) in [6, 6.07) is 0. The quantitative estimate of drug-likeness (QED) is 0.540. The van der Waals surface area contributed by atoms with Gasteiger partial charge in [-0.3, -0.25) is 4.79 Å². The van der Waals surface area contributed by atoms with Crippen LogP contribution in [0.5, 0.6) is 0 Å². The summed E-state index contributed by atoms with van der Waals surface area (Å²) in [4.78, 5) is 10.3. The second kappa shape index (κ2) is 3.87. The summed E-state index contributed by atoms with van der Waals surface area (Å²) in [5, 5.41) is 27.1. The molecular formula is C8H13O4. The lowest BCUT2D eigenvalue weighted by molar-refractivity contribution is -0.141.